The van der Waals surface area contributed by atoms with Crippen LogP contribution in [0.2, 0.25) is 0 Å². The third kappa shape index (κ3) is 7.29. The Hall–Kier alpha value is -3.02. The number of methoxy groups -OCH3 is 2. The van der Waals surface area contributed by atoms with Gasteiger partial charge in [-0.1, -0.05) is 35.9 Å². The molecule has 174 valence electrons. The predicted molar refractivity (Wildman–Crippen MR) is 127 cm³/mol. The van der Waals surface area contributed by atoms with E-state index in [1.807, 2.05) is 70.2 Å². The van der Waals surface area contributed by atoms with Crippen LogP contribution in [0.3, 0.4) is 0 Å². The van der Waals surface area contributed by atoms with E-state index in [4.69, 9.17) is 9.47 Å². The SMILES string of the molecule is COc1ccc(CCC(=O)N(Cc2cccc(C)c2)[C@H](C)C(=O)NC(C)(C)C)cc1OC. The van der Waals surface area contributed by atoms with Crippen molar-refractivity contribution in [3.05, 3.63) is 59.2 Å². The van der Waals surface area contributed by atoms with Gasteiger partial charge in [-0.3, -0.25) is 9.59 Å². The summed E-state index contributed by atoms with van der Waals surface area (Å²) in [6, 6.07) is 13.1. The first-order valence-electron chi connectivity index (χ1n) is 10.9. The second-order valence-electron chi connectivity index (χ2n) is 9.12. The zero-order valence-corrected chi connectivity index (χ0v) is 20.3. The molecule has 0 aliphatic carbocycles. The van der Waals surface area contributed by atoms with Crippen LogP contribution in [0.5, 0.6) is 11.5 Å². The van der Waals surface area contributed by atoms with Gasteiger partial charge in [0.05, 0.1) is 14.2 Å². The van der Waals surface area contributed by atoms with Crippen LogP contribution in [0.1, 0.15) is 50.8 Å². The number of nitrogens with zero attached hydrogens (tertiary/aromatic N) is 1. The van der Waals surface area contributed by atoms with Gasteiger partial charge in [0.2, 0.25) is 11.8 Å². The number of amides is 2. The van der Waals surface area contributed by atoms with E-state index < -0.39 is 6.04 Å². The molecule has 32 heavy (non-hydrogen) atoms. The van der Waals surface area contributed by atoms with Crippen molar-refractivity contribution < 1.29 is 19.1 Å². The Labute approximate surface area is 191 Å². The molecule has 2 aromatic rings. The molecule has 0 heterocycles. The molecule has 2 amide bonds. The van der Waals surface area contributed by atoms with Gasteiger partial charge in [-0.05, 0) is 64.3 Å². The summed E-state index contributed by atoms with van der Waals surface area (Å²) in [7, 11) is 3.18. The fourth-order valence-corrected chi connectivity index (χ4v) is 3.49. The molecule has 0 aliphatic heterocycles. The van der Waals surface area contributed by atoms with Crippen molar-refractivity contribution in [1.29, 1.82) is 0 Å². The monoisotopic (exact) mass is 440 g/mol. The van der Waals surface area contributed by atoms with Crippen LogP contribution in [0.25, 0.3) is 0 Å². The molecule has 0 unspecified atom stereocenters. The lowest BCUT2D eigenvalue weighted by Crippen LogP contribution is -2.52. The van der Waals surface area contributed by atoms with Crippen molar-refractivity contribution in [1.82, 2.24) is 10.2 Å². The number of carbonyl (C=O) groups excluding carboxylic acids is 2. The highest BCUT2D eigenvalue weighted by atomic mass is 16.5. The predicted octanol–water partition coefficient (Wildman–Crippen LogP) is 4.28. The first-order chi connectivity index (χ1) is 15.0. The maximum Gasteiger partial charge on any atom is 0.242 e. The van der Waals surface area contributed by atoms with Crippen LogP contribution >= 0.6 is 0 Å². The normalized spacial score (nSPS) is 12.1. The largest absolute Gasteiger partial charge is 0.493 e. The zero-order valence-electron chi connectivity index (χ0n) is 20.3. The summed E-state index contributed by atoms with van der Waals surface area (Å²) in [5.41, 5.74) is 2.72. The van der Waals surface area contributed by atoms with E-state index in [2.05, 4.69) is 5.32 Å². The number of benzene rings is 2. The summed E-state index contributed by atoms with van der Waals surface area (Å²) in [4.78, 5) is 27.8. The summed E-state index contributed by atoms with van der Waals surface area (Å²) in [5.74, 6) is 1.05. The smallest absolute Gasteiger partial charge is 0.242 e. The van der Waals surface area contributed by atoms with Gasteiger partial charge in [-0.2, -0.15) is 0 Å². The van der Waals surface area contributed by atoms with E-state index >= 15 is 0 Å². The lowest BCUT2D eigenvalue weighted by molar-refractivity contribution is -0.141. The molecule has 1 atom stereocenters. The highest BCUT2D eigenvalue weighted by Crippen LogP contribution is 2.28. The Bertz CT molecular complexity index is 934. The Morgan fingerprint density at radius 2 is 1.69 bits per heavy atom. The van der Waals surface area contributed by atoms with Gasteiger partial charge in [0, 0.05) is 18.5 Å². The van der Waals surface area contributed by atoms with Crippen LogP contribution in [-0.4, -0.2) is 42.5 Å². The number of hydrogen-bond donors (Lipinski definition) is 1. The Kier molecular flexibility index (Phi) is 8.70. The minimum Gasteiger partial charge on any atom is -0.493 e. The van der Waals surface area contributed by atoms with Gasteiger partial charge < -0.3 is 19.7 Å². The Morgan fingerprint density at radius 3 is 2.28 bits per heavy atom. The molecule has 6 nitrogen and oxygen atoms in total. The summed E-state index contributed by atoms with van der Waals surface area (Å²) >= 11 is 0. The van der Waals surface area contributed by atoms with Gasteiger partial charge in [-0.25, -0.2) is 0 Å². The first-order valence-corrected chi connectivity index (χ1v) is 10.9. The average Bonchev–Trinajstić information content (AvgIpc) is 2.73. The molecule has 2 aromatic carbocycles. The topological polar surface area (TPSA) is 67.9 Å². The molecular formula is C26H36N2O4. The van der Waals surface area contributed by atoms with Gasteiger partial charge in [-0.15, -0.1) is 0 Å². The van der Waals surface area contributed by atoms with Crippen LogP contribution in [0, 0.1) is 6.92 Å². The lowest BCUT2D eigenvalue weighted by Gasteiger charge is -2.31. The van der Waals surface area contributed by atoms with Crippen molar-refractivity contribution in [2.75, 3.05) is 14.2 Å². The van der Waals surface area contributed by atoms with E-state index in [9.17, 15) is 9.59 Å². The van der Waals surface area contributed by atoms with Crippen LogP contribution < -0.4 is 14.8 Å². The molecule has 0 bridgehead atoms. The van der Waals surface area contributed by atoms with E-state index in [-0.39, 0.29) is 23.8 Å². The molecule has 0 aliphatic rings. The van der Waals surface area contributed by atoms with Crippen molar-refractivity contribution in [3.63, 3.8) is 0 Å². The molecule has 0 spiro atoms. The second kappa shape index (κ2) is 11.0. The second-order valence-corrected chi connectivity index (χ2v) is 9.12. The molecular weight excluding hydrogens is 404 g/mol. The molecule has 0 radical (unpaired) electrons. The number of aryl methyl sites for hydroxylation is 2. The molecule has 0 aromatic heterocycles. The number of hydrogen-bond acceptors (Lipinski definition) is 4. The summed E-state index contributed by atoms with van der Waals surface area (Å²) in [6.45, 7) is 9.98. The molecule has 0 fully saturated rings. The van der Waals surface area contributed by atoms with E-state index in [0.717, 1.165) is 16.7 Å². The van der Waals surface area contributed by atoms with Crippen molar-refractivity contribution in [2.24, 2.45) is 0 Å². The van der Waals surface area contributed by atoms with E-state index in [0.29, 0.717) is 24.5 Å². The quantitative estimate of drug-likeness (QED) is 0.632. The van der Waals surface area contributed by atoms with Gasteiger partial charge >= 0.3 is 0 Å². The maximum absolute atomic E-state index is 13.3. The fraction of sp³-hybridized carbons (Fsp3) is 0.462. The number of rotatable bonds is 9. The standard InChI is InChI=1S/C26H36N2O4/c1-18-9-8-10-21(15-18)17-28(19(2)25(30)27-26(3,4)5)24(29)14-12-20-11-13-22(31-6)23(16-20)32-7/h8-11,13,15-16,19H,12,14,17H2,1-7H3,(H,27,30)/t19-/m1/s1. The highest BCUT2D eigenvalue weighted by Gasteiger charge is 2.28. The minimum absolute atomic E-state index is 0.0714. The summed E-state index contributed by atoms with van der Waals surface area (Å²) < 4.78 is 10.6. The molecule has 0 saturated carbocycles. The van der Waals surface area contributed by atoms with Crippen molar-refractivity contribution in [3.8, 4) is 11.5 Å². The van der Waals surface area contributed by atoms with Crippen LogP contribution in [-0.2, 0) is 22.6 Å². The summed E-state index contributed by atoms with van der Waals surface area (Å²) in [6.07, 6.45) is 0.825. The number of nitrogens with one attached hydrogen (secondary N) is 1. The van der Waals surface area contributed by atoms with Crippen molar-refractivity contribution in [2.45, 2.75) is 65.6 Å². The molecule has 2 rings (SSSR count). The molecule has 1 N–H and O–H groups in total. The maximum atomic E-state index is 13.3. The average molecular weight is 441 g/mol. The van der Waals surface area contributed by atoms with Crippen LogP contribution in [0.15, 0.2) is 42.5 Å². The number of ether oxygens (including phenoxy) is 2. The van der Waals surface area contributed by atoms with E-state index in [1.165, 1.54) is 0 Å². The first kappa shape index (κ1) is 25.2. The number of carbonyl (C=O) groups is 2. The summed E-state index contributed by atoms with van der Waals surface area (Å²) in [5, 5.41) is 2.99. The third-order valence-electron chi connectivity index (χ3n) is 5.18. The molecule has 6 heteroatoms. The Balaban J connectivity index is 2.20. The fourth-order valence-electron chi connectivity index (χ4n) is 3.49. The van der Waals surface area contributed by atoms with Gasteiger partial charge in [0.25, 0.3) is 0 Å². The van der Waals surface area contributed by atoms with Gasteiger partial charge in [0.15, 0.2) is 11.5 Å². The minimum atomic E-state index is -0.590. The Morgan fingerprint density at radius 1 is 1.00 bits per heavy atom. The lowest BCUT2D eigenvalue weighted by atomic mass is 10.1. The third-order valence-corrected chi connectivity index (χ3v) is 5.18. The van der Waals surface area contributed by atoms with Crippen molar-refractivity contribution >= 4 is 11.8 Å². The molecule has 0 saturated heterocycles. The van der Waals surface area contributed by atoms with Gasteiger partial charge in [0.1, 0.15) is 6.04 Å². The van der Waals surface area contributed by atoms with E-state index in [1.54, 1.807) is 26.0 Å². The highest BCUT2D eigenvalue weighted by molar-refractivity contribution is 5.87. The zero-order chi connectivity index (χ0) is 23.9. The van der Waals surface area contributed by atoms with Crippen LogP contribution in [0.4, 0.5) is 0 Å².